The zero-order chi connectivity index (χ0) is 17.1. The molecule has 3 heterocycles. The van der Waals surface area contributed by atoms with Gasteiger partial charge in [-0.25, -0.2) is 4.79 Å². The maximum atomic E-state index is 12.5. The number of carbonyl (C=O) groups is 1. The highest BCUT2D eigenvalue weighted by molar-refractivity contribution is 5.85. The monoisotopic (exact) mass is 378 g/mol. The first-order chi connectivity index (χ1) is 12.2. The van der Waals surface area contributed by atoms with E-state index in [2.05, 4.69) is 40.5 Å². The van der Waals surface area contributed by atoms with E-state index < -0.39 is 0 Å². The first-order valence-electron chi connectivity index (χ1n) is 9.95. The minimum absolute atomic E-state index is 0. The van der Waals surface area contributed by atoms with Crippen LogP contribution in [0.1, 0.15) is 56.4 Å². The summed E-state index contributed by atoms with van der Waals surface area (Å²) < 4.78 is 5.72. The van der Waals surface area contributed by atoms with Gasteiger partial charge in [-0.05, 0) is 57.3 Å². The summed E-state index contributed by atoms with van der Waals surface area (Å²) in [4.78, 5) is 15.0. The van der Waals surface area contributed by atoms with Crippen LogP contribution in [0, 0.1) is 5.41 Å². The topological polar surface area (TPSA) is 41.6 Å². The van der Waals surface area contributed by atoms with Gasteiger partial charge in [0.2, 0.25) is 0 Å². The standard InChI is InChI=1S/C21H30N2O2.ClH/c24-20(25-16-21-10-13-23(14-11-21)15-12-21)22-19-9-5-4-8-18(19)17-6-2-1-3-7-17;/h1-3,6-7,18-19H,4-5,8-16H2,(H,22,24);1H/t18-,19+;/m0./s1. The van der Waals surface area contributed by atoms with Gasteiger partial charge in [0.05, 0.1) is 6.61 Å². The molecular formula is C21H31ClN2O2. The molecule has 0 radical (unpaired) electrons. The van der Waals surface area contributed by atoms with E-state index in [1.54, 1.807) is 0 Å². The lowest BCUT2D eigenvalue weighted by molar-refractivity contribution is -0.0222. The summed E-state index contributed by atoms with van der Waals surface area (Å²) in [5, 5.41) is 3.19. The number of alkyl carbamates (subject to hydrolysis) is 1. The third-order valence-electron chi connectivity index (χ3n) is 6.68. The molecule has 144 valence electrons. The molecule has 0 unspecified atom stereocenters. The zero-order valence-corrected chi connectivity index (χ0v) is 16.3. The van der Waals surface area contributed by atoms with Crippen LogP contribution in [0.3, 0.4) is 0 Å². The second-order valence-electron chi connectivity index (χ2n) is 8.22. The Labute approximate surface area is 163 Å². The second-order valence-corrected chi connectivity index (χ2v) is 8.22. The molecule has 0 spiro atoms. The van der Waals surface area contributed by atoms with Crippen molar-refractivity contribution in [2.24, 2.45) is 5.41 Å². The maximum Gasteiger partial charge on any atom is 0.407 e. The number of rotatable bonds is 4. The number of nitrogens with zero attached hydrogens (tertiary/aromatic N) is 1. The molecule has 1 aromatic carbocycles. The Morgan fingerprint density at radius 3 is 2.42 bits per heavy atom. The molecule has 3 saturated heterocycles. The van der Waals surface area contributed by atoms with Crippen molar-refractivity contribution in [1.82, 2.24) is 10.2 Å². The average Bonchev–Trinajstić information content (AvgIpc) is 2.69. The molecule has 0 aromatic heterocycles. The van der Waals surface area contributed by atoms with Gasteiger partial charge >= 0.3 is 6.09 Å². The summed E-state index contributed by atoms with van der Waals surface area (Å²) in [6.07, 6.45) is 7.95. The molecule has 3 aliphatic heterocycles. The number of fused-ring (bicyclic) bond motifs is 3. The average molecular weight is 379 g/mol. The molecule has 2 bridgehead atoms. The largest absolute Gasteiger partial charge is 0.449 e. The molecular weight excluding hydrogens is 348 g/mol. The molecule has 1 aromatic rings. The van der Waals surface area contributed by atoms with E-state index in [-0.39, 0.29) is 30.0 Å². The molecule has 4 nitrogen and oxygen atoms in total. The quantitative estimate of drug-likeness (QED) is 0.846. The number of amides is 1. The normalized spacial score (nSPS) is 33.2. The van der Waals surface area contributed by atoms with Gasteiger partial charge in [0, 0.05) is 17.4 Å². The highest BCUT2D eigenvalue weighted by Crippen LogP contribution is 2.40. The first kappa shape index (κ1) is 19.5. The number of ether oxygens (including phenoxy) is 1. The molecule has 1 saturated carbocycles. The third kappa shape index (κ3) is 4.34. The van der Waals surface area contributed by atoms with E-state index in [0.717, 1.165) is 12.8 Å². The van der Waals surface area contributed by atoms with Crippen molar-refractivity contribution < 1.29 is 9.53 Å². The lowest BCUT2D eigenvalue weighted by Gasteiger charge is -2.47. The lowest BCUT2D eigenvalue weighted by Crippen LogP contribution is -2.51. The summed E-state index contributed by atoms with van der Waals surface area (Å²) in [6, 6.07) is 10.8. The van der Waals surface area contributed by atoms with Crippen LogP contribution < -0.4 is 5.32 Å². The van der Waals surface area contributed by atoms with Crippen LogP contribution in [0.25, 0.3) is 0 Å². The van der Waals surface area contributed by atoms with Crippen LogP contribution >= 0.6 is 12.4 Å². The Hall–Kier alpha value is -1.26. The number of halogens is 1. The molecule has 4 fully saturated rings. The fourth-order valence-electron chi connectivity index (χ4n) is 4.93. The van der Waals surface area contributed by atoms with Crippen LogP contribution in [0.2, 0.25) is 0 Å². The van der Waals surface area contributed by atoms with Gasteiger partial charge < -0.3 is 15.0 Å². The van der Waals surface area contributed by atoms with Crippen molar-refractivity contribution in [3.8, 4) is 0 Å². The summed E-state index contributed by atoms with van der Waals surface area (Å²) in [5.74, 6) is 0.415. The van der Waals surface area contributed by atoms with Gasteiger partial charge in [-0.15, -0.1) is 12.4 Å². The zero-order valence-electron chi connectivity index (χ0n) is 15.5. The molecule has 1 aliphatic carbocycles. The van der Waals surface area contributed by atoms with Crippen molar-refractivity contribution in [2.45, 2.75) is 56.9 Å². The molecule has 2 atom stereocenters. The van der Waals surface area contributed by atoms with Crippen molar-refractivity contribution in [1.29, 1.82) is 0 Å². The minimum Gasteiger partial charge on any atom is -0.449 e. The predicted octanol–water partition coefficient (Wildman–Crippen LogP) is 4.35. The smallest absolute Gasteiger partial charge is 0.407 e. The first-order valence-corrected chi connectivity index (χ1v) is 9.95. The number of hydrogen-bond donors (Lipinski definition) is 1. The molecule has 1 N–H and O–H groups in total. The van der Waals surface area contributed by atoms with Gasteiger partial charge in [-0.1, -0.05) is 43.2 Å². The van der Waals surface area contributed by atoms with Crippen molar-refractivity contribution in [3.63, 3.8) is 0 Å². The summed E-state index contributed by atoms with van der Waals surface area (Å²) in [7, 11) is 0. The Kier molecular flexibility index (Phi) is 6.46. The van der Waals surface area contributed by atoms with Gasteiger partial charge in [-0.2, -0.15) is 0 Å². The molecule has 5 rings (SSSR count). The lowest BCUT2D eigenvalue weighted by atomic mass is 9.73. The van der Waals surface area contributed by atoms with Crippen LogP contribution in [0.5, 0.6) is 0 Å². The van der Waals surface area contributed by atoms with Gasteiger partial charge in [-0.3, -0.25) is 0 Å². The van der Waals surface area contributed by atoms with Gasteiger partial charge in [0.25, 0.3) is 0 Å². The van der Waals surface area contributed by atoms with E-state index in [1.165, 1.54) is 57.3 Å². The van der Waals surface area contributed by atoms with E-state index in [0.29, 0.717) is 12.5 Å². The van der Waals surface area contributed by atoms with E-state index in [4.69, 9.17) is 4.74 Å². The van der Waals surface area contributed by atoms with E-state index in [9.17, 15) is 4.79 Å². The highest BCUT2D eigenvalue weighted by Gasteiger charge is 2.40. The van der Waals surface area contributed by atoms with Gasteiger partial charge in [0.1, 0.15) is 0 Å². The van der Waals surface area contributed by atoms with Crippen LogP contribution in [-0.4, -0.2) is 43.3 Å². The Balaban J connectivity index is 0.00000196. The van der Waals surface area contributed by atoms with Crippen molar-refractivity contribution in [3.05, 3.63) is 35.9 Å². The fraction of sp³-hybridized carbons (Fsp3) is 0.667. The van der Waals surface area contributed by atoms with Gasteiger partial charge in [0.15, 0.2) is 0 Å². The minimum atomic E-state index is -0.213. The highest BCUT2D eigenvalue weighted by atomic mass is 35.5. The van der Waals surface area contributed by atoms with Crippen LogP contribution in [0.15, 0.2) is 30.3 Å². The number of carbonyl (C=O) groups excluding carboxylic acids is 1. The summed E-state index contributed by atoms with van der Waals surface area (Å²) >= 11 is 0. The molecule has 26 heavy (non-hydrogen) atoms. The van der Waals surface area contributed by atoms with Crippen molar-refractivity contribution in [2.75, 3.05) is 26.2 Å². The molecule has 4 aliphatic rings. The number of nitrogens with one attached hydrogen (secondary N) is 1. The van der Waals surface area contributed by atoms with Crippen molar-refractivity contribution >= 4 is 18.5 Å². The Morgan fingerprint density at radius 2 is 1.73 bits per heavy atom. The van der Waals surface area contributed by atoms with Crippen LogP contribution in [0.4, 0.5) is 4.79 Å². The summed E-state index contributed by atoms with van der Waals surface area (Å²) in [5.41, 5.74) is 1.59. The van der Waals surface area contributed by atoms with E-state index in [1.807, 2.05) is 0 Å². The number of piperidine rings is 3. The SMILES string of the molecule is Cl.O=C(N[C@@H]1CCCC[C@H]1c1ccccc1)OCC12CCN(CC1)CC2. The second kappa shape index (κ2) is 8.62. The van der Waals surface area contributed by atoms with E-state index >= 15 is 0 Å². The maximum absolute atomic E-state index is 12.5. The third-order valence-corrected chi connectivity index (χ3v) is 6.68. The predicted molar refractivity (Wildman–Crippen MR) is 106 cm³/mol. The van der Waals surface area contributed by atoms with Crippen LogP contribution in [-0.2, 0) is 4.74 Å². The Morgan fingerprint density at radius 1 is 1.08 bits per heavy atom. The summed E-state index contributed by atoms with van der Waals surface area (Å²) in [6.45, 7) is 4.10. The number of hydrogen-bond acceptors (Lipinski definition) is 3. The molecule has 5 heteroatoms. The Bertz CT molecular complexity index is 573. The fourth-order valence-corrected chi connectivity index (χ4v) is 4.93. The molecule has 1 amide bonds. The number of benzene rings is 1.